The molecule has 4 rings (SSSR count). The fraction of sp³-hybridized carbons (Fsp3) is 0.125. The van der Waals surface area contributed by atoms with Gasteiger partial charge in [0.05, 0.1) is 12.3 Å². The van der Waals surface area contributed by atoms with Crippen LogP contribution in [0, 0.1) is 0 Å². The molecule has 0 atom stereocenters. The second-order valence-corrected chi connectivity index (χ2v) is 7.07. The number of likely N-dealkylation sites (N-methyl/N-ethyl adjacent to an activating group) is 1. The van der Waals surface area contributed by atoms with Crippen LogP contribution in [0.2, 0.25) is 5.02 Å². The topological polar surface area (TPSA) is 24.8 Å². The zero-order valence-corrected chi connectivity index (χ0v) is 17.7. The van der Waals surface area contributed by atoms with Gasteiger partial charge in [0.2, 0.25) is 0 Å². The van der Waals surface area contributed by atoms with E-state index in [4.69, 9.17) is 21.3 Å². The van der Waals surface area contributed by atoms with Crippen molar-refractivity contribution in [1.29, 1.82) is 0 Å². The van der Waals surface area contributed by atoms with Gasteiger partial charge in [0.25, 0.3) is 0 Å². The molecule has 3 aromatic carbocycles. The van der Waals surface area contributed by atoms with Gasteiger partial charge in [-0.05, 0) is 48.6 Å². The Hall–Kier alpha value is -2.75. The molecule has 0 aromatic heterocycles. The Kier molecular flexibility index (Phi) is 6.97. The predicted octanol–water partition coefficient (Wildman–Crippen LogP) is 6.51. The minimum absolute atomic E-state index is 0. The number of aliphatic imine (C=N–C) groups is 1. The van der Waals surface area contributed by atoms with Crippen LogP contribution in [0.1, 0.15) is 11.1 Å². The number of ether oxygens (including phenoxy) is 1. The minimum Gasteiger partial charge on any atom is -0.457 e. The van der Waals surface area contributed by atoms with Crippen molar-refractivity contribution in [3.05, 3.63) is 95.0 Å². The molecule has 0 unspecified atom stereocenters. The van der Waals surface area contributed by atoms with Gasteiger partial charge < -0.3 is 9.64 Å². The van der Waals surface area contributed by atoms with Crippen LogP contribution in [0.4, 0.5) is 5.69 Å². The molecule has 29 heavy (non-hydrogen) atoms. The number of anilines is 1. The van der Waals surface area contributed by atoms with E-state index in [0.29, 0.717) is 5.02 Å². The zero-order valence-electron chi connectivity index (χ0n) is 16.1. The normalized spacial score (nSPS) is 13.3. The lowest BCUT2D eigenvalue weighted by molar-refractivity contribution is 0.481. The minimum atomic E-state index is 0. The van der Waals surface area contributed by atoms with E-state index in [0.717, 1.165) is 41.4 Å². The van der Waals surface area contributed by atoms with Gasteiger partial charge in [-0.2, -0.15) is 0 Å². The number of nitrogens with zero attached hydrogens (tertiary/aromatic N) is 2. The summed E-state index contributed by atoms with van der Waals surface area (Å²) < 4.78 is 6.06. The molecular formula is C24H22Cl2N2O. The number of benzene rings is 3. The first kappa shape index (κ1) is 21.0. The van der Waals surface area contributed by atoms with E-state index in [1.807, 2.05) is 48.5 Å². The summed E-state index contributed by atoms with van der Waals surface area (Å²) >= 11 is 5.96. The maximum atomic E-state index is 6.06. The van der Waals surface area contributed by atoms with Crippen LogP contribution >= 0.6 is 24.0 Å². The molecule has 3 nitrogen and oxygen atoms in total. The number of benzodiazepines with no additional fused rings is 1. The highest BCUT2D eigenvalue weighted by molar-refractivity contribution is 6.30. The van der Waals surface area contributed by atoms with Gasteiger partial charge in [0, 0.05) is 35.4 Å². The summed E-state index contributed by atoms with van der Waals surface area (Å²) in [5.41, 5.74) is 4.33. The molecule has 148 valence electrons. The monoisotopic (exact) mass is 424 g/mol. The lowest BCUT2D eigenvalue weighted by Crippen LogP contribution is -2.20. The highest BCUT2D eigenvalue weighted by atomic mass is 35.5. The Morgan fingerprint density at radius 2 is 1.66 bits per heavy atom. The van der Waals surface area contributed by atoms with Gasteiger partial charge in [-0.3, -0.25) is 4.99 Å². The van der Waals surface area contributed by atoms with Gasteiger partial charge in [-0.15, -0.1) is 12.4 Å². The lowest BCUT2D eigenvalue weighted by Gasteiger charge is -2.18. The number of rotatable bonds is 4. The van der Waals surface area contributed by atoms with Crippen LogP contribution in [0.5, 0.6) is 11.5 Å². The molecule has 1 aliphatic rings. The number of halogens is 2. The largest absolute Gasteiger partial charge is 0.457 e. The molecule has 0 aliphatic carbocycles. The number of hydrogen-bond acceptors (Lipinski definition) is 3. The number of allylic oxidation sites excluding steroid dienone is 1. The first-order valence-corrected chi connectivity index (χ1v) is 9.64. The second kappa shape index (κ2) is 9.64. The van der Waals surface area contributed by atoms with Crippen molar-refractivity contribution >= 4 is 41.5 Å². The van der Waals surface area contributed by atoms with Crippen LogP contribution < -0.4 is 9.64 Å². The molecule has 5 heteroatoms. The van der Waals surface area contributed by atoms with Crippen molar-refractivity contribution in [2.75, 3.05) is 25.0 Å². The highest BCUT2D eigenvalue weighted by Crippen LogP contribution is 2.28. The molecule has 3 aromatic rings. The Morgan fingerprint density at radius 3 is 2.48 bits per heavy atom. The van der Waals surface area contributed by atoms with Crippen molar-refractivity contribution in [3.8, 4) is 11.5 Å². The quantitative estimate of drug-likeness (QED) is 0.476. The van der Waals surface area contributed by atoms with E-state index >= 15 is 0 Å². The van der Waals surface area contributed by atoms with Gasteiger partial charge in [0.1, 0.15) is 11.5 Å². The SMILES string of the molecule is CN1CCN=C(/C=C/c2ccccc2Oc2ccc(Cl)cc2)c2ccccc21.Cl. The smallest absolute Gasteiger partial charge is 0.134 e. The van der Waals surface area contributed by atoms with Crippen LogP contribution in [-0.2, 0) is 0 Å². The Balaban J connectivity index is 0.00000240. The lowest BCUT2D eigenvalue weighted by atomic mass is 10.1. The number of hydrogen-bond donors (Lipinski definition) is 0. The molecule has 1 heterocycles. The summed E-state index contributed by atoms with van der Waals surface area (Å²) in [6, 6.07) is 23.7. The molecule has 0 fully saturated rings. The second-order valence-electron chi connectivity index (χ2n) is 6.63. The standard InChI is InChI=1S/C24H21ClN2O.ClH/c1-27-17-16-26-22(21-7-3-4-8-23(21)27)15-10-18-6-2-5-9-24(18)28-20-13-11-19(25)12-14-20;/h2-15H,16-17H2,1H3;1H/b15-10+;. The van der Waals surface area contributed by atoms with E-state index in [-0.39, 0.29) is 12.4 Å². The molecule has 0 N–H and O–H groups in total. The summed E-state index contributed by atoms with van der Waals surface area (Å²) in [4.78, 5) is 7.03. The summed E-state index contributed by atoms with van der Waals surface area (Å²) in [6.07, 6.45) is 4.13. The van der Waals surface area contributed by atoms with Crippen LogP contribution in [0.3, 0.4) is 0 Å². The predicted molar refractivity (Wildman–Crippen MR) is 125 cm³/mol. The molecule has 0 bridgehead atoms. The third kappa shape index (κ3) is 5.00. The fourth-order valence-corrected chi connectivity index (χ4v) is 3.33. The molecule has 0 amide bonds. The van der Waals surface area contributed by atoms with Crippen molar-refractivity contribution in [1.82, 2.24) is 0 Å². The summed E-state index contributed by atoms with van der Waals surface area (Å²) in [5.74, 6) is 1.55. The molecule has 0 saturated heterocycles. The van der Waals surface area contributed by atoms with E-state index in [9.17, 15) is 0 Å². The molecular weight excluding hydrogens is 403 g/mol. The molecule has 0 saturated carbocycles. The number of para-hydroxylation sites is 2. The van der Waals surface area contributed by atoms with Gasteiger partial charge in [-0.1, -0.05) is 48.0 Å². The Bertz CT molecular complexity index is 1030. The summed E-state index contributed by atoms with van der Waals surface area (Å²) in [5, 5.41) is 0.690. The molecule has 0 spiro atoms. The molecule has 1 aliphatic heterocycles. The van der Waals surface area contributed by atoms with Gasteiger partial charge in [0.15, 0.2) is 0 Å². The first-order valence-electron chi connectivity index (χ1n) is 9.26. The Labute approximate surface area is 182 Å². The van der Waals surface area contributed by atoms with Crippen molar-refractivity contribution in [3.63, 3.8) is 0 Å². The van der Waals surface area contributed by atoms with Crippen molar-refractivity contribution < 1.29 is 4.74 Å². The van der Waals surface area contributed by atoms with Gasteiger partial charge in [-0.25, -0.2) is 0 Å². The van der Waals surface area contributed by atoms with E-state index in [1.54, 1.807) is 0 Å². The third-order valence-electron chi connectivity index (χ3n) is 4.69. The van der Waals surface area contributed by atoms with E-state index < -0.39 is 0 Å². The fourth-order valence-electron chi connectivity index (χ4n) is 3.20. The number of fused-ring (bicyclic) bond motifs is 1. The van der Waals surface area contributed by atoms with Crippen LogP contribution in [-0.4, -0.2) is 25.8 Å². The summed E-state index contributed by atoms with van der Waals surface area (Å²) in [7, 11) is 2.11. The van der Waals surface area contributed by atoms with E-state index in [1.165, 1.54) is 5.69 Å². The van der Waals surface area contributed by atoms with Crippen molar-refractivity contribution in [2.24, 2.45) is 4.99 Å². The average Bonchev–Trinajstić information content (AvgIpc) is 2.88. The Morgan fingerprint density at radius 1 is 0.931 bits per heavy atom. The van der Waals surface area contributed by atoms with Crippen LogP contribution in [0.15, 0.2) is 83.9 Å². The molecule has 0 radical (unpaired) electrons. The third-order valence-corrected chi connectivity index (χ3v) is 4.94. The highest BCUT2D eigenvalue weighted by Gasteiger charge is 2.13. The maximum Gasteiger partial charge on any atom is 0.134 e. The average molecular weight is 425 g/mol. The maximum absolute atomic E-state index is 6.06. The zero-order chi connectivity index (χ0) is 19.3. The first-order chi connectivity index (χ1) is 13.7. The van der Waals surface area contributed by atoms with E-state index in [2.05, 4.69) is 48.4 Å². The van der Waals surface area contributed by atoms with Crippen LogP contribution in [0.25, 0.3) is 6.08 Å². The summed E-state index contributed by atoms with van der Waals surface area (Å²) in [6.45, 7) is 1.68. The van der Waals surface area contributed by atoms with Crippen molar-refractivity contribution in [2.45, 2.75) is 0 Å². The van der Waals surface area contributed by atoms with Gasteiger partial charge >= 0.3 is 0 Å².